The van der Waals surface area contributed by atoms with Crippen molar-refractivity contribution in [2.45, 2.75) is 49.1 Å². The Kier molecular flexibility index (Phi) is 6.36. The van der Waals surface area contributed by atoms with Crippen LogP contribution in [-0.4, -0.2) is 65.2 Å². The number of hydrogen-bond acceptors (Lipinski definition) is 8. The van der Waals surface area contributed by atoms with Crippen LogP contribution in [-0.2, 0) is 11.2 Å². The molecule has 3 aliphatic rings. The Bertz CT molecular complexity index is 957. The monoisotopic (exact) mass is 456 g/mol. The van der Waals surface area contributed by atoms with Crippen LogP contribution in [0.3, 0.4) is 0 Å². The Balaban J connectivity index is 1.23. The number of nitrogens with one attached hydrogen (secondary N) is 1. The molecule has 8 nitrogen and oxygen atoms in total. The van der Waals surface area contributed by atoms with Crippen LogP contribution in [0.5, 0.6) is 5.75 Å². The number of fused-ring (bicyclic) bond motifs is 1. The fourth-order valence-corrected chi connectivity index (χ4v) is 5.43. The molecule has 170 valence electrons. The maximum atomic E-state index is 11.0. The highest BCUT2D eigenvalue weighted by Gasteiger charge is 2.27. The van der Waals surface area contributed by atoms with Gasteiger partial charge in [-0.2, -0.15) is 4.98 Å². The van der Waals surface area contributed by atoms with Gasteiger partial charge in [-0.05, 0) is 37.1 Å². The van der Waals surface area contributed by atoms with Gasteiger partial charge in [0.25, 0.3) is 0 Å². The van der Waals surface area contributed by atoms with Gasteiger partial charge < -0.3 is 24.8 Å². The van der Waals surface area contributed by atoms with Crippen molar-refractivity contribution in [2.24, 2.45) is 0 Å². The summed E-state index contributed by atoms with van der Waals surface area (Å²) in [5.74, 6) is 2.64. The second-order valence-electron chi connectivity index (χ2n) is 8.41. The predicted molar refractivity (Wildman–Crippen MR) is 123 cm³/mol. The molecule has 0 atom stereocenters. The summed E-state index contributed by atoms with van der Waals surface area (Å²) in [6.45, 7) is 3.27. The van der Waals surface area contributed by atoms with Gasteiger partial charge in [0.15, 0.2) is 0 Å². The maximum absolute atomic E-state index is 11.0. The number of piperidine rings is 1. The Hall–Kier alpha value is -2.52. The first-order chi connectivity index (χ1) is 15.7. The first-order valence-electron chi connectivity index (χ1n) is 11.3. The number of benzene rings is 1. The number of ether oxygens (including phenoxy) is 2. The van der Waals surface area contributed by atoms with Crippen LogP contribution in [0.1, 0.15) is 41.7 Å². The van der Waals surface area contributed by atoms with Gasteiger partial charge in [-0.1, -0.05) is 0 Å². The van der Waals surface area contributed by atoms with Gasteiger partial charge in [-0.25, -0.2) is 9.78 Å². The normalized spacial score (nSPS) is 19.6. The van der Waals surface area contributed by atoms with Crippen molar-refractivity contribution in [3.8, 4) is 5.75 Å². The van der Waals surface area contributed by atoms with E-state index in [2.05, 4.69) is 10.2 Å². The fraction of sp³-hybridized carbons (Fsp3) is 0.522. The molecule has 0 bridgehead atoms. The second-order valence-corrected chi connectivity index (χ2v) is 9.52. The van der Waals surface area contributed by atoms with Crippen LogP contribution in [0.15, 0.2) is 29.2 Å². The molecule has 4 heterocycles. The maximum Gasteiger partial charge on any atom is 0.335 e. The lowest BCUT2D eigenvalue weighted by Gasteiger charge is -2.33. The molecular weight excluding hydrogens is 428 g/mol. The summed E-state index contributed by atoms with van der Waals surface area (Å²) in [6.07, 6.45) is 4.86. The zero-order valence-electron chi connectivity index (χ0n) is 18.0. The Labute approximate surface area is 191 Å². The summed E-state index contributed by atoms with van der Waals surface area (Å²) in [4.78, 5) is 24.3. The Morgan fingerprint density at radius 2 is 1.88 bits per heavy atom. The minimum atomic E-state index is -0.928. The average molecular weight is 457 g/mol. The summed E-state index contributed by atoms with van der Waals surface area (Å²) < 4.78 is 11.6. The second kappa shape index (κ2) is 9.54. The molecule has 32 heavy (non-hydrogen) atoms. The molecule has 0 unspecified atom stereocenters. The van der Waals surface area contributed by atoms with Crippen LogP contribution in [0.2, 0.25) is 0 Å². The van der Waals surface area contributed by atoms with Gasteiger partial charge in [0, 0.05) is 57.4 Å². The van der Waals surface area contributed by atoms with E-state index in [4.69, 9.17) is 24.5 Å². The number of aromatic carboxylic acids is 1. The van der Waals surface area contributed by atoms with Gasteiger partial charge in [0.1, 0.15) is 17.7 Å². The third-order valence-corrected chi connectivity index (χ3v) is 7.33. The van der Waals surface area contributed by atoms with E-state index in [1.165, 1.54) is 4.90 Å². The molecular formula is C23H28N4O4S. The SMILES string of the molecule is O=C(O)c1ccc(OC2CCN(c3nc4c(c(NC5CCOCC5)n3)SCC4)CC2)cc1. The largest absolute Gasteiger partial charge is 0.490 e. The molecule has 3 aliphatic heterocycles. The summed E-state index contributed by atoms with van der Waals surface area (Å²) in [6, 6.07) is 7.02. The highest BCUT2D eigenvalue weighted by molar-refractivity contribution is 7.99. The van der Waals surface area contributed by atoms with Crippen molar-refractivity contribution in [3.05, 3.63) is 35.5 Å². The van der Waals surface area contributed by atoms with Crippen LogP contribution >= 0.6 is 11.8 Å². The molecule has 2 saturated heterocycles. The number of nitrogens with zero attached hydrogens (tertiary/aromatic N) is 3. The first kappa shape index (κ1) is 21.3. The molecule has 0 aliphatic carbocycles. The highest BCUT2D eigenvalue weighted by atomic mass is 32.2. The number of carbonyl (C=O) groups is 1. The van der Waals surface area contributed by atoms with E-state index in [0.29, 0.717) is 11.8 Å². The quantitative estimate of drug-likeness (QED) is 0.677. The summed E-state index contributed by atoms with van der Waals surface area (Å²) in [7, 11) is 0. The van der Waals surface area contributed by atoms with E-state index in [1.54, 1.807) is 24.3 Å². The van der Waals surface area contributed by atoms with E-state index >= 15 is 0 Å². The Morgan fingerprint density at radius 1 is 1.12 bits per heavy atom. The molecule has 9 heteroatoms. The van der Waals surface area contributed by atoms with Gasteiger partial charge in [-0.15, -0.1) is 11.8 Å². The number of hydrogen-bond donors (Lipinski definition) is 2. The number of thioether (sulfide) groups is 1. The molecule has 1 aromatic carbocycles. The van der Waals surface area contributed by atoms with E-state index < -0.39 is 5.97 Å². The topological polar surface area (TPSA) is 96.8 Å². The molecule has 1 aromatic heterocycles. The van der Waals surface area contributed by atoms with Gasteiger partial charge in [0.05, 0.1) is 16.2 Å². The summed E-state index contributed by atoms with van der Waals surface area (Å²) >= 11 is 1.85. The lowest BCUT2D eigenvalue weighted by molar-refractivity contribution is 0.0696. The molecule has 2 N–H and O–H groups in total. The molecule has 5 rings (SSSR count). The Morgan fingerprint density at radius 3 is 2.59 bits per heavy atom. The third kappa shape index (κ3) is 4.78. The minimum absolute atomic E-state index is 0.103. The standard InChI is InChI=1S/C23H28N4O4S/c28-22(29)15-1-3-17(4-2-15)31-18-5-10-27(11-6-18)23-25-19-9-14-32-20(19)21(26-23)24-16-7-12-30-13-8-16/h1-4,16,18H,5-14H2,(H,28,29)(H,24,25,26). The van der Waals surface area contributed by atoms with E-state index in [-0.39, 0.29) is 11.7 Å². The van der Waals surface area contributed by atoms with Gasteiger partial charge in [0.2, 0.25) is 5.95 Å². The lowest BCUT2D eigenvalue weighted by Crippen LogP contribution is -2.39. The first-order valence-corrected chi connectivity index (χ1v) is 12.3. The van der Waals surface area contributed by atoms with Crippen molar-refractivity contribution >= 4 is 29.5 Å². The van der Waals surface area contributed by atoms with Crippen molar-refractivity contribution in [1.29, 1.82) is 0 Å². The van der Waals surface area contributed by atoms with Crippen molar-refractivity contribution in [1.82, 2.24) is 9.97 Å². The van der Waals surface area contributed by atoms with E-state index in [0.717, 1.165) is 81.6 Å². The lowest BCUT2D eigenvalue weighted by atomic mass is 10.1. The molecule has 2 aromatic rings. The number of anilines is 2. The van der Waals surface area contributed by atoms with E-state index in [9.17, 15) is 4.79 Å². The van der Waals surface area contributed by atoms with Gasteiger partial charge in [-0.3, -0.25) is 0 Å². The van der Waals surface area contributed by atoms with Gasteiger partial charge >= 0.3 is 5.97 Å². The van der Waals surface area contributed by atoms with Crippen LogP contribution in [0.25, 0.3) is 0 Å². The van der Waals surface area contributed by atoms with Crippen molar-refractivity contribution < 1.29 is 19.4 Å². The predicted octanol–water partition coefficient (Wildman–Crippen LogP) is 3.46. The minimum Gasteiger partial charge on any atom is -0.490 e. The molecule has 0 spiro atoms. The third-order valence-electron chi connectivity index (χ3n) is 6.20. The van der Waals surface area contributed by atoms with Crippen molar-refractivity contribution in [3.63, 3.8) is 0 Å². The molecule has 0 saturated carbocycles. The number of carboxylic acid groups (broad SMARTS) is 1. The zero-order chi connectivity index (χ0) is 21.9. The smallest absolute Gasteiger partial charge is 0.335 e. The number of aryl methyl sites for hydroxylation is 1. The fourth-order valence-electron chi connectivity index (χ4n) is 4.37. The number of carboxylic acids is 1. The van der Waals surface area contributed by atoms with Crippen molar-refractivity contribution in [2.75, 3.05) is 42.3 Å². The van der Waals surface area contributed by atoms with Crippen LogP contribution in [0.4, 0.5) is 11.8 Å². The summed E-state index contributed by atoms with van der Waals surface area (Å²) in [5, 5.41) is 12.7. The van der Waals surface area contributed by atoms with Crippen LogP contribution < -0.4 is 15.0 Å². The van der Waals surface area contributed by atoms with E-state index in [1.807, 2.05) is 11.8 Å². The zero-order valence-corrected chi connectivity index (χ0v) is 18.8. The molecule has 0 radical (unpaired) electrons. The van der Waals surface area contributed by atoms with Crippen LogP contribution in [0, 0.1) is 0 Å². The highest BCUT2D eigenvalue weighted by Crippen LogP contribution is 2.37. The molecule has 0 amide bonds. The number of rotatable bonds is 6. The average Bonchev–Trinajstić information content (AvgIpc) is 3.30. The number of aromatic nitrogens is 2. The molecule has 2 fully saturated rings. The summed E-state index contributed by atoms with van der Waals surface area (Å²) in [5.41, 5.74) is 1.43.